The van der Waals surface area contributed by atoms with Crippen LogP contribution in [0.25, 0.3) is 0 Å². The van der Waals surface area contributed by atoms with Crippen molar-refractivity contribution < 1.29 is 0 Å². The summed E-state index contributed by atoms with van der Waals surface area (Å²) in [6, 6.07) is 2.81. The van der Waals surface area contributed by atoms with Crippen LogP contribution in [0.15, 0.2) is 17.3 Å². The average Bonchev–Trinajstić information content (AvgIpc) is 3.00. The monoisotopic (exact) mass is 320 g/mol. The number of hydrogen-bond donors (Lipinski definition) is 2. The second-order valence-electron chi connectivity index (χ2n) is 6.42. The summed E-state index contributed by atoms with van der Waals surface area (Å²) in [6.07, 6.45) is 9.92. The van der Waals surface area contributed by atoms with Gasteiger partial charge >= 0.3 is 0 Å². The standard InChI is InChI=1S/C17H32N6/c1-18-17(20-14-16-10-12-21-23(16)3)19-11-7-13-22(2)15-8-5-4-6-9-15/h10,12,15H,4-9,11,13-14H2,1-3H3,(H2,18,19,20). The van der Waals surface area contributed by atoms with Gasteiger partial charge in [-0.2, -0.15) is 5.10 Å². The molecule has 1 aliphatic carbocycles. The first-order chi connectivity index (χ1) is 11.2. The third kappa shape index (κ3) is 5.86. The summed E-state index contributed by atoms with van der Waals surface area (Å²) in [6.45, 7) is 2.83. The number of aliphatic imine (C=N–C) groups is 1. The molecule has 0 saturated heterocycles. The zero-order valence-electron chi connectivity index (χ0n) is 14.9. The van der Waals surface area contributed by atoms with Gasteiger partial charge in [-0.1, -0.05) is 19.3 Å². The van der Waals surface area contributed by atoms with E-state index in [4.69, 9.17) is 0 Å². The smallest absolute Gasteiger partial charge is 0.191 e. The second kappa shape index (κ2) is 9.55. The van der Waals surface area contributed by atoms with Gasteiger partial charge in [0.05, 0.1) is 12.2 Å². The van der Waals surface area contributed by atoms with E-state index >= 15 is 0 Å². The number of aromatic nitrogens is 2. The van der Waals surface area contributed by atoms with Gasteiger partial charge in [0.2, 0.25) is 0 Å². The third-order valence-electron chi connectivity index (χ3n) is 4.76. The number of aryl methyl sites for hydroxylation is 1. The van der Waals surface area contributed by atoms with Crippen molar-refractivity contribution in [1.82, 2.24) is 25.3 Å². The molecular weight excluding hydrogens is 288 g/mol. The van der Waals surface area contributed by atoms with E-state index < -0.39 is 0 Å². The van der Waals surface area contributed by atoms with Crippen LogP contribution >= 0.6 is 0 Å². The van der Waals surface area contributed by atoms with Crippen LogP contribution in [-0.4, -0.2) is 53.9 Å². The maximum Gasteiger partial charge on any atom is 0.191 e. The Kier molecular flexibility index (Phi) is 7.39. The Morgan fingerprint density at radius 3 is 2.78 bits per heavy atom. The fourth-order valence-electron chi connectivity index (χ4n) is 3.21. The predicted octanol–water partition coefficient (Wildman–Crippen LogP) is 1.74. The molecule has 1 aromatic heterocycles. The van der Waals surface area contributed by atoms with Crippen molar-refractivity contribution in [3.05, 3.63) is 18.0 Å². The number of nitrogens with one attached hydrogen (secondary N) is 2. The number of nitrogens with zero attached hydrogens (tertiary/aromatic N) is 4. The third-order valence-corrected chi connectivity index (χ3v) is 4.76. The fourth-order valence-corrected chi connectivity index (χ4v) is 3.21. The summed E-state index contributed by atoms with van der Waals surface area (Å²) in [7, 11) is 6.03. The van der Waals surface area contributed by atoms with Crippen molar-refractivity contribution >= 4 is 5.96 Å². The summed E-state index contributed by atoms with van der Waals surface area (Å²) in [4.78, 5) is 6.81. The van der Waals surface area contributed by atoms with Crippen molar-refractivity contribution in [2.75, 3.05) is 27.2 Å². The van der Waals surface area contributed by atoms with Crippen molar-refractivity contribution in [2.45, 2.75) is 51.1 Å². The molecule has 0 spiro atoms. The lowest BCUT2D eigenvalue weighted by molar-refractivity contribution is 0.190. The fraction of sp³-hybridized carbons (Fsp3) is 0.765. The SMILES string of the molecule is CN=C(NCCCN(C)C1CCCCC1)NCc1ccnn1C. The Morgan fingerprint density at radius 1 is 1.35 bits per heavy atom. The molecular formula is C17H32N6. The highest BCUT2D eigenvalue weighted by Crippen LogP contribution is 2.21. The van der Waals surface area contributed by atoms with E-state index in [1.807, 2.05) is 31.0 Å². The Morgan fingerprint density at radius 2 is 2.13 bits per heavy atom. The Bertz CT molecular complexity index is 475. The first-order valence-corrected chi connectivity index (χ1v) is 8.82. The van der Waals surface area contributed by atoms with Gasteiger partial charge in [0, 0.05) is 32.9 Å². The molecule has 1 fully saturated rings. The largest absolute Gasteiger partial charge is 0.356 e. The Hall–Kier alpha value is -1.56. The van der Waals surface area contributed by atoms with Crippen LogP contribution in [0.3, 0.4) is 0 Å². The van der Waals surface area contributed by atoms with Gasteiger partial charge in [-0.05, 0) is 38.9 Å². The average molecular weight is 320 g/mol. The molecule has 0 atom stereocenters. The van der Waals surface area contributed by atoms with Crippen LogP contribution in [-0.2, 0) is 13.6 Å². The molecule has 130 valence electrons. The predicted molar refractivity (Wildman–Crippen MR) is 95.5 cm³/mol. The van der Waals surface area contributed by atoms with E-state index in [1.54, 1.807) is 0 Å². The van der Waals surface area contributed by atoms with Gasteiger partial charge in [-0.15, -0.1) is 0 Å². The van der Waals surface area contributed by atoms with Gasteiger partial charge in [0.25, 0.3) is 0 Å². The molecule has 0 radical (unpaired) electrons. The summed E-state index contributed by atoms with van der Waals surface area (Å²) >= 11 is 0. The van der Waals surface area contributed by atoms with Crippen molar-refractivity contribution in [3.63, 3.8) is 0 Å². The topological polar surface area (TPSA) is 57.5 Å². The number of rotatable bonds is 7. The molecule has 1 heterocycles. The van der Waals surface area contributed by atoms with Crippen molar-refractivity contribution in [3.8, 4) is 0 Å². The normalized spacial score (nSPS) is 16.8. The van der Waals surface area contributed by atoms with Crippen molar-refractivity contribution in [1.29, 1.82) is 0 Å². The van der Waals surface area contributed by atoms with Gasteiger partial charge in [0.15, 0.2) is 5.96 Å². The highest BCUT2D eigenvalue weighted by atomic mass is 15.3. The minimum atomic E-state index is 0.734. The van der Waals surface area contributed by atoms with Crippen LogP contribution in [0.4, 0.5) is 0 Å². The van der Waals surface area contributed by atoms with Crippen LogP contribution in [0, 0.1) is 0 Å². The van der Waals surface area contributed by atoms with Gasteiger partial charge < -0.3 is 15.5 Å². The van der Waals surface area contributed by atoms with Gasteiger partial charge in [-0.3, -0.25) is 9.67 Å². The molecule has 2 rings (SSSR count). The lowest BCUT2D eigenvalue weighted by Gasteiger charge is -2.31. The highest BCUT2D eigenvalue weighted by molar-refractivity contribution is 5.79. The molecule has 1 aliphatic rings. The van der Waals surface area contributed by atoms with E-state index in [0.29, 0.717) is 0 Å². The zero-order chi connectivity index (χ0) is 16.5. The lowest BCUT2D eigenvalue weighted by atomic mass is 9.94. The molecule has 6 nitrogen and oxygen atoms in total. The summed E-state index contributed by atoms with van der Waals surface area (Å²) < 4.78 is 1.87. The number of hydrogen-bond acceptors (Lipinski definition) is 3. The Labute approximate surface area is 140 Å². The summed E-state index contributed by atoms with van der Waals surface area (Å²) in [5.41, 5.74) is 1.14. The van der Waals surface area contributed by atoms with Crippen LogP contribution in [0.5, 0.6) is 0 Å². The minimum Gasteiger partial charge on any atom is -0.356 e. The molecule has 1 aromatic rings. The molecule has 0 amide bonds. The molecule has 0 bridgehead atoms. The first-order valence-electron chi connectivity index (χ1n) is 8.82. The van der Waals surface area contributed by atoms with E-state index in [1.165, 1.54) is 32.1 Å². The molecule has 0 aliphatic heterocycles. The van der Waals surface area contributed by atoms with E-state index in [-0.39, 0.29) is 0 Å². The molecule has 1 saturated carbocycles. The Balaban J connectivity index is 1.61. The summed E-state index contributed by atoms with van der Waals surface area (Å²) in [5, 5.41) is 10.9. The maximum atomic E-state index is 4.27. The lowest BCUT2D eigenvalue weighted by Crippen LogP contribution is -2.39. The van der Waals surface area contributed by atoms with Crippen LogP contribution in [0.2, 0.25) is 0 Å². The quantitative estimate of drug-likeness (QED) is 0.456. The molecule has 6 heteroatoms. The van der Waals surface area contributed by atoms with E-state index in [2.05, 4.69) is 32.7 Å². The first kappa shape index (κ1) is 17.8. The molecule has 2 N–H and O–H groups in total. The van der Waals surface area contributed by atoms with Gasteiger partial charge in [0.1, 0.15) is 0 Å². The van der Waals surface area contributed by atoms with E-state index in [0.717, 1.165) is 43.8 Å². The molecule has 0 unspecified atom stereocenters. The van der Waals surface area contributed by atoms with Crippen LogP contribution in [0.1, 0.15) is 44.2 Å². The summed E-state index contributed by atoms with van der Waals surface area (Å²) in [5.74, 6) is 0.853. The van der Waals surface area contributed by atoms with Gasteiger partial charge in [-0.25, -0.2) is 0 Å². The zero-order valence-corrected chi connectivity index (χ0v) is 14.9. The molecule has 0 aromatic carbocycles. The van der Waals surface area contributed by atoms with Crippen molar-refractivity contribution in [2.24, 2.45) is 12.0 Å². The highest BCUT2D eigenvalue weighted by Gasteiger charge is 2.17. The molecule has 23 heavy (non-hydrogen) atoms. The van der Waals surface area contributed by atoms with Crippen LogP contribution < -0.4 is 10.6 Å². The maximum absolute atomic E-state index is 4.27. The number of guanidine groups is 1. The minimum absolute atomic E-state index is 0.734. The second-order valence-corrected chi connectivity index (χ2v) is 6.42. The van der Waals surface area contributed by atoms with E-state index in [9.17, 15) is 0 Å².